The highest BCUT2D eigenvalue weighted by Gasteiger charge is 2.15. The first-order valence-corrected chi connectivity index (χ1v) is 9.81. The van der Waals surface area contributed by atoms with Crippen molar-refractivity contribution in [2.75, 3.05) is 5.32 Å². The van der Waals surface area contributed by atoms with Gasteiger partial charge in [0.2, 0.25) is 0 Å². The molecule has 0 aliphatic carbocycles. The van der Waals surface area contributed by atoms with E-state index in [1.54, 1.807) is 36.4 Å². The Hall–Kier alpha value is -3.63. The van der Waals surface area contributed by atoms with Crippen LogP contribution in [0.15, 0.2) is 64.6 Å². The Balaban J connectivity index is 1.94. The molecule has 0 atom stereocenters. The summed E-state index contributed by atoms with van der Waals surface area (Å²) in [7, 11) is 0. The number of hydrogen-bond acceptors (Lipinski definition) is 3. The Morgan fingerprint density at radius 2 is 1.83 bits per heavy atom. The smallest absolute Gasteiger partial charge is 0.335 e. The number of benzene rings is 2. The fourth-order valence-corrected chi connectivity index (χ4v) is 3.41. The molecule has 2 N–H and O–H groups in total. The van der Waals surface area contributed by atoms with E-state index in [9.17, 15) is 20.0 Å². The molecule has 0 saturated carbocycles. The minimum atomic E-state index is -1.00. The minimum Gasteiger partial charge on any atom is -0.478 e. The van der Waals surface area contributed by atoms with Crippen molar-refractivity contribution in [3.63, 3.8) is 0 Å². The molecule has 30 heavy (non-hydrogen) atoms. The van der Waals surface area contributed by atoms with Crippen LogP contribution in [0.25, 0.3) is 11.8 Å². The molecule has 7 heteroatoms. The summed E-state index contributed by atoms with van der Waals surface area (Å²) in [5.41, 5.74) is 3.78. The lowest BCUT2D eigenvalue weighted by Gasteiger charge is -2.10. The van der Waals surface area contributed by atoms with Crippen LogP contribution in [0.1, 0.15) is 27.3 Å². The fraction of sp³-hybridized carbons (Fsp3) is 0.0870. The number of halogens is 1. The van der Waals surface area contributed by atoms with Crippen molar-refractivity contribution in [3.05, 3.63) is 87.2 Å². The van der Waals surface area contributed by atoms with Crippen LogP contribution in [-0.2, 0) is 4.79 Å². The van der Waals surface area contributed by atoms with Crippen LogP contribution in [-0.4, -0.2) is 21.6 Å². The number of nitriles is 1. The highest BCUT2D eigenvalue weighted by Crippen LogP contribution is 2.24. The number of hydrogen-bond donors (Lipinski definition) is 2. The van der Waals surface area contributed by atoms with E-state index in [0.717, 1.165) is 15.9 Å². The first-order valence-electron chi connectivity index (χ1n) is 9.01. The maximum atomic E-state index is 12.5. The van der Waals surface area contributed by atoms with E-state index in [1.807, 2.05) is 36.6 Å². The van der Waals surface area contributed by atoms with Crippen molar-refractivity contribution < 1.29 is 14.7 Å². The molecule has 0 radical (unpaired) electrons. The Morgan fingerprint density at radius 3 is 2.47 bits per heavy atom. The number of carbonyl (C=O) groups excluding carboxylic acids is 1. The predicted octanol–water partition coefficient (Wildman–Crippen LogP) is 5.10. The van der Waals surface area contributed by atoms with Gasteiger partial charge in [-0.1, -0.05) is 22.0 Å². The molecule has 0 spiro atoms. The first kappa shape index (κ1) is 21.1. The molecular weight excluding hydrogens is 446 g/mol. The van der Waals surface area contributed by atoms with Crippen molar-refractivity contribution in [1.82, 2.24) is 4.57 Å². The van der Waals surface area contributed by atoms with Crippen LogP contribution in [0.3, 0.4) is 0 Å². The molecular formula is C23H18BrN3O3. The third kappa shape index (κ3) is 4.50. The summed E-state index contributed by atoms with van der Waals surface area (Å²) >= 11 is 3.34. The Kier molecular flexibility index (Phi) is 6.19. The Labute approximate surface area is 182 Å². The molecule has 0 aliphatic rings. The monoisotopic (exact) mass is 463 g/mol. The summed E-state index contributed by atoms with van der Waals surface area (Å²) in [5.74, 6) is -1.51. The number of rotatable bonds is 5. The summed E-state index contributed by atoms with van der Waals surface area (Å²) < 4.78 is 2.77. The Bertz CT molecular complexity index is 1200. The van der Waals surface area contributed by atoms with Gasteiger partial charge < -0.3 is 15.0 Å². The second-order valence-electron chi connectivity index (χ2n) is 6.65. The van der Waals surface area contributed by atoms with E-state index in [0.29, 0.717) is 16.9 Å². The molecule has 1 aromatic heterocycles. The molecule has 3 rings (SSSR count). The van der Waals surface area contributed by atoms with Gasteiger partial charge in [0.25, 0.3) is 5.91 Å². The summed E-state index contributed by atoms with van der Waals surface area (Å²) in [4.78, 5) is 23.8. The van der Waals surface area contributed by atoms with Crippen molar-refractivity contribution in [2.24, 2.45) is 0 Å². The molecule has 3 aromatic rings. The van der Waals surface area contributed by atoms with E-state index in [-0.39, 0.29) is 11.1 Å². The van der Waals surface area contributed by atoms with E-state index >= 15 is 0 Å². The standard InChI is InChI=1S/C23H18BrN3O3/c1-14-10-17(15(2)27(14)21-5-3-4-16(12-21)23(29)30)11-18(13-25)22(28)26-20-8-6-19(24)7-9-20/h3-12H,1-2H3,(H,26,28)(H,29,30)/b18-11-. The number of amides is 1. The van der Waals surface area contributed by atoms with Gasteiger partial charge in [0.15, 0.2) is 0 Å². The first-order chi connectivity index (χ1) is 14.3. The van der Waals surface area contributed by atoms with Crippen LogP contribution >= 0.6 is 15.9 Å². The molecule has 0 unspecified atom stereocenters. The molecule has 2 aromatic carbocycles. The molecule has 0 saturated heterocycles. The zero-order valence-corrected chi connectivity index (χ0v) is 17.9. The van der Waals surface area contributed by atoms with Crippen LogP contribution in [0.5, 0.6) is 0 Å². The zero-order chi connectivity index (χ0) is 21.8. The van der Waals surface area contributed by atoms with Gasteiger partial charge in [-0.25, -0.2) is 4.79 Å². The molecule has 150 valence electrons. The van der Waals surface area contributed by atoms with Crippen molar-refractivity contribution in [3.8, 4) is 11.8 Å². The lowest BCUT2D eigenvalue weighted by Crippen LogP contribution is -2.13. The number of anilines is 1. The lowest BCUT2D eigenvalue weighted by atomic mass is 10.1. The van der Waals surface area contributed by atoms with Gasteiger partial charge in [0, 0.05) is 27.2 Å². The number of nitrogens with one attached hydrogen (secondary N) is 1. The van der Waals surface area contributed by atoms with Gasteiger partial charge in [-0.05, 0) is 74.0 Å². The average molecular weight is 464 g/mol. The maximum absolute atomic E-state index is 12.5. The number of carbonyl (C=O) groups is 2. The normalized spacial score (nSPS) is 11.1. The number of aromatic nitrogens is 1. The van der Waals surface area contributed by atoms with Crippen LogP contribution < -0.4 is 5.32 Å². The Morgan fingerprint density at radius 1 is 1.13 bits per heavy atom. The highest BCUT2D eigenvalue weighted by atomic mass is 79.9. The zero-order valence-electron chi connectivity index (χ0n) is 16.3. The molecule has 0 aliphatic heterocycles. The molecule has 1 heterocycles. The van der Waals surface area contributed by atoms with E-state index in [1.165, 1.54) is 12.1 Å². The van der Waals surface area contributed by atoms with E-state index in [2.05, 4.69) is 21.2 Å². The topological polar surface area (TPSA) is 95.1 Å². The van der Waals surface area contributed by atoms with Crippen molar-refractivity contribution in [2.45, 2.75) is 13.8 Å². The van der Waals surface area contributed by atoms with E-state index in [4.69, 9.17) is 0 Å². The predicted molar refractivity (Wildman–Crippen MR) is 119 cm³/mol. The van der Waals surface area contributed by atoms with Crippen LogP contribution in [0.2, 0.25) is 0 Å². The second kappa shape index (κ2) is 8.80. The summed E-state index contributed by atoms with van der Waals surface area (Å²) in [6, 6.07) is 17.5. The molecule has 0 fully saturated rings. The molecule has 1 amide bonds. The summed E-state index contributed by atoms with van der Waals surface area (Å²) in [5, 5.41) is 21.5. The SMILES string of the molecule is Cc1cc(/C=C(/C#N)C(=O)Nc2ccc(Br)cc2)c(C)n1-c1cccc(C(=O)O)c1. The number of aromatic carboxylic acids is 1. The maximum Gasteiger partial charge on any atom is 0.335 e. The average Bonchev–Trinajstić information content (AvgIpc) is 3.00. The quantitative estimate of drug-likeness (QED) is 0.406. The van der Waals surface area contributed by atoms with Gasteiger partial charge in [0.05, 0.1) is 5.56 Å². The molecule has 6 nitrogen and oxygen atoms in total. The third-order valence-corrected chi connectivity index (χ3v) is 5.12. The van der Waals surface area contributed by atoms with Gasteiger partial charge in [-0.3, -0.25) is 4.79 Å². The van der Waals surface area contributed by atoms with Gasteiger partial charge >= 0.3 is 5.97 Å². The fourth-order valence-electron chi connectivity index (χ4n) is 3.14. The second-order valence-corrected chi connectivity index (χ2v) is 7.56. The van der Waals surface area contributed by atoms with Crippen molar-refractivity contribution >= 4 is 39.6 Å². The van der Waals surface area contributed by atoms with Gasteiger partial charge in [0.1, 0.15) is 11.6 Å². The lowest BCUT2D eigenvalue weighted by molar-refractivity contribution is -0.112. The van der Waals surface area contributed by atoms with E-state index < -0.39 is 11.9 Å². The largest absolute Gasteiger partial charge is 0.478 e. The number of nitrogens with zero attached hydrogens (tertiary/aromatic N) is 2. The highest BCUT2D eigenvalue weighted by molar-refractivity contribution is 9.10. The number of carboxylic acids is 1. The number of carboxylic acid groups (broad SMARTS) is 1. The summed E-state index contributed by atoms with van der Waals surface area (Å²) in [6.07, 6.45) is 1.54. The minimum absolute atomic E-state index is 0.0301. The van der Waals surface area contributed by atoms with Crippen LogP contribution in [0.4, 0.5) is 5.69 Å². The third-order valence-electron chi connectivity index (χ3n) is 4.59. The van der Waals surface area contributed by atoms with Gasteiger partial charge in [-0.15, -0.1) is 0 Å². The van der Waals surface area contributed by atoms with Gasteiger partial charge in [-0.2, -0.15) is 5.26 Å². The van der Waals surface area contributed by atoms with Crippen molar-refractivity contribution in [1.29, 1.82) is 5.26 Å². The van der Waals surface area contributed by atoms with Crippen LogP contribution in [0, 0.1) is 25.2 Å². The number of aryl methyl sites for hydroxylation is 1. The summed E-state index contributed by atoms with van der Waals surface area (Å²) in [6.45, 7) is 3.74. The molecule has 0 bridgehead atoms.